The lowest BCUT2D eigenvalue weighted by Crippen LogP contribution is -2.40. The summed E-state index contributed by atoms with van der Waals surface area (Å²) < 4.78 is 2.30. The van der Waals surface area contributed by atoms with Gasteiger partial charge in [0.2, 0.25) is 0 Å². The summed E-state index contributed by atoms with van der Waals surface area (Å²) in [6.07, 6.45) is 1.39. The third-order valence-corrected chi connectivity index (χ3v) is 5.98. The van der Waals surface area contributed by atoms with Gasteiger partial charge < -0.3 is 5.32 Å². The van der Waals surface area contributed by atoms with Gasteiger partial charge in [0.1, 0.15) is 5.65 Å². The Bertz CT molecular complexity index is 1370. The Morgan fingerprint density at radius 2 is 1.50 bits per heavy atom. The van der Waals surface area contributed by atoms with Crippen molar-refractivity contribution in [1.82, 2.24) is 19.4 Å². The van der Waals surface area contributed by atoms with E-state index in [0.717, 1.165) is 15.7 Å². The molecule has 0 aliphatic heterocycles. The van der Waals surface area contributed by atoms with E-state index in [1.54, 1.807) is 7.05 Å². The van der Waals surface area contributed by atoms with Gasteiger partial charge in [-0.05, 0) is 24.1 Å². The van der Waals surface area contributed by atoms with E-state index in [2.05, 4.69) is 17.2 Å². The molecule has 2 heterocycles. The minimum atomic E-state index is -0.483. The zero-order valence-electron chi connectivity index (χ0n) is 18.2. The van der Waals surface area contributed by atoms with Gasteiger partial charge >= 0.3 is 5.69 Å². The Kier molecular flexibility index (Phi) is 5.48. The zero-order valence-corrected chi connectivity index (χ0v) is 18.2. The maximum absolute atomic E-state index is 13.0. The average molecular weight is 428 g/mol. The van der Waals surface area contributed by atoms with Gasteiger partial charge in [-0.15, -0.1) is 0 Å². The van der Waals surface area contributed by atoms with Crippen molar-refractivity contribution in [2.75, 3.05) is 6.54 Å². The van der Waals surface area contributed by atoms with Crippen LogP contribution in [0.2, 0.25) is 0 Å². The van der Waals surface area contributed by atoms with Crippen LogP contribution in [0.15, 0.2) is 82.5 Å². The molecule has 0 fully saturated rings. The third-order valence-electron chi connectivity index (χ3n) is 5.98. The SMILES string of the molecule is Cn1c(=O)c2cc(C(=O)NCC(C)(c3ccccc3)c3ccccc3)cnc2n(C)c1=O. The van der Waals surface area contributed by atoms with Crippen LogP contribution in [0.4, 0.5) is 0 Å². The smallest absolute Gasteiger partial charge is 0.332 e. The highest BCUT2D eigenvalue weighted by atomic mass is 16.2. The molecule has 0 aliphatic rings. The number of aryl methyl sites for hydroxylation is 1. The lowest BCUT2D eigenvalue weighted by molar-refractivity contribution is 0.0947. The maximum atomic E-state index is 13.0. The quantitative estimate of drug-likeness (QED) is 0.529. The molecule has 0 unspecified atom stereocenters. The fourth-order valence-corrected chi connectivity index (χ4v) is 3.93. The summed E-state index contributed by atoms with van der Waals surface area (Å²) >= 11 is 0. The standard InChI is InChI=1S/C25H24N4O3/c1-25(18-10-6-4-7-11-18,19-12-8-5-9-13-19)16-27-22(30)17-14-20-21(26-15-17)28(2)24(32)29(3)23(20)31/h4-15H,16H2,1-3H3,(H,27,30). The average Bonchev–Trinajstić information content (AvgIpc) is 2.85. The largest absolute Gasteiger partial charge is 0.351 e. The van der Waals surface area contributed by atoms with Crippen molar-refractivity contribution in [1.29, 1.82) is 0 Å². The first-order chi connectivity index (χ1) is 15.3. The summed E-state index contributed by atoms with van der Waals surface area (Å²) in [6.45, 7) is 2.44. The van der Waals surface area contributed by atoms with Crippen LogP contribution in [-0.2, 0) is 19.5 Å². The molecule has 2 aromatic heterocycles. The van der Waals surface area contributed by atoms with Crippen LogP contribution in [0.5, 0.6) is 0 Å². The van der Waals surface area contributed by atoms with E-state index in [1.807, 2.05) is 60.7 Å². The molecule has 1 N–H and O–H groups in total. The number of hydrogen-bond acceptors (Lipinski definition) is 4. The van der Waals surface area contributed by atoms with Crippen LogP contribution in [0.3, 0.4) is 0 Å². The van der Waals surface area contributed by atoms with Gasteiger partial charge in [-0.25, -0.2) is 9.78 Å². The van der Waals surface area contributed by atoms with Crippen LogP contribution >= 0.6 is 0 Å². The van der Waals surface area contributed by atoms with Crippen LogP contribution in [0.1, 0.15) is 28.4 Å². The molecule has 0 spiro atoms. The van der Waals surface area contributed by atoms with Crippen LogP contribution in [0.25, 0.3) is 11.0 Å². The number of hydrogen-bond donors (Lipinski definition) is 1. The van der Waals surface area contributed by atoms with E-state index in [4.69, 9.17) is 0 Å². The van der Waals surface area contributed by atoms with E-state index in [-0.39, 0.29) is 22.5 Å². The number of nitrogens with one attached hydrogen (secondary N) is 1. The topological polar surface area (TPSA) is 86.0 Å². The van der Waals surface area contributed by atoms with Crippen molar-refractivity contribution in [2.45, 2.75) is 12.3 Å². The summed E-state index contributed by atoms with van der Waals surface area (Å²) in [5.74, 6) is -0.339. The van der Waals surface area contributed by atoms with E-state index in [9.17, 15) is 14.4 Å². The number of rotatable bonds is 5. The minimum Gasteiger partial charge on any atom is -0.351 e. The normalized spacial score (nSPS) is 11.5. The summed E-state index contributed by atoms with van der Waals surface area (Å²) in [5.41, 5.74) is 1.25. The molecular weight excluding hydrogens is 404 g/mol. The molecule has 1 amide bonds. The van der Waals surface area contributed by atoms with Crippen molar-refractivity contribution < 1.29 is 4.79 Å². The van der Waals surface area contributed by atoms with Crippen LogP contribution in [0, 0.1) is 0 Å². The van der Waals surface area contributed by atoms with Gasteiger partial charge in [-0.3, -0.25) is 18.7 Å². The van der Waals surface area contributed by atoms with Crippen LogP contribution < -0.4 is 16.6 Å². The monoisotopic (exact) mass is 428 g/mol. The van der Waals surface area contributed by atoms with Crippen LogP contribution in [-0.4, -0.2) is 26.6 Å². The summed E-state index contributed by atoms with van der Waals surface area (Å²) in [7, 11) is 2.95. The van der Waals surface area contributed by atoms with Crippen molar-refractivity contribution in [3.8, 4) is 0 Å². The molecule has 0 saturated heterocycles. The molecule has 0 atom stereocenters. The zero-order chi connectivity index (χ0) is 22.9. The minimum absolute atomic E-state index is 0.219. The molecule has 7 heteroatoms. The lowest BCUT2D eigenvalue weighted by Gasteiger charge is -2.31. The predicted octanol–water partition coefficient (Wildman–Crippen LogP) is 2.37. The molecule has 0 radical (unpaired) electrons. The van der Waals surface area contributed by atoms with Gasteiger partial charge in [-0.2, -0.15) is 0 Å². The molecule has 2 aromatic carbocycles. The number of carbonyl (C=O) groups is 1. The number of pyridine rings is 1. The van der Waals surface area contributed by atoms with E-state index >= 15 is 0 Å². The van der Waals surface area contributed by atoms with E-state index < -0.39 is 16.7 Å². The van der Waals surface area contributed by atoms with E-state index in [1.165, 1.54) is 23.9 Å². The lowest BCUT2D eigenvalue weighted by atomic mass is 9.76. The highest BCUT2D eigenvalue weighted by molar-refractivity contribution is 5.96. The molecule has 32 heavy (non-hydrogen) atoms. The Labute approximate surface area is 185 Å². The second-order valence-electron chi connectivity index (χ2n) is 8.05. The number of carbonyl (C=O) groups excluding carboxylic acids is 1. The Morgan fingerprint density at radius 3 is 2.06 bits per heavy atom. The summed E-state index contributed by atoms with van der Waals surface area (Å²) in [5, 5.41) is 3.22. The Morgan fingerprint density at radius 1 is 0.938 bits per heavy atom. The number of aromatic nitrogens is 3. The van der Waals surface area contributed by atoms with Gasteiger partial charge in [0.05, 0.1) is 10.9 Å². The van der Waals surface area contributed by atoms with Crippen molar-refractivity contribution in [3.63, 3.8) is 0 Å². The van der Waals surface area contributed by atoms with Crippen molar-refractivity contribution >= 4 is 16.9 Å². The molecule has 0 saturated carbocycles. The fraction of sp³-hybridized carbons (Fsp3) is 0.200. The first kappa shape index (κ1) is 21.2. The third kappa shape index (κ3) is 3.62. The Hall–Kier alpha value is -4.00. The number of benzene rings is 2. The fourth-order valence-electron chi connectivity index (χ4n) is 3.93. The van der Waals surface area contributed by atoms with Gasteiger partial charge in [-0.1, -0.05) is 60.7 Å². The molecule has 0 bridgehead atoms. The molecule has 4 rings (SSSR count). The Balaban J connectivity index is 1.68. The number of amides is 1. The molecular formula is C25H24N4O3. The number of fused-ring (bicyclic) bond motifs is 1. The summed E-state index contributed by atoms with van der Waals surface area (Å²) in [4.78, 5) is 41.9. The van der Waals surface area contributed by atoms with E-state index in [0.29, 0.717) is 6.54 Å². The van der Waals surface area contributed by atoms with Crippen molar-refractivity contribution in [2.24, 2.45) is 14.1 Å². The second kappa shape index (κ2) is 8.26. The maximum Gasteiger partial charge on any atom is 0.332 e. The highest BCUT2D eigenvalue weighted by Gasteiger charge is 2.29. The second-order valence-corrected chi connectivity index (χ2v) is 8.05. The van der Waals surface area contributed by atoms with Gasteiger partial charge in [0, 0.05) is 32.3 Å². The predicted molar refractivity (Wildman–Crippen MR) is 124 cm³/mol. The first-order valence-electron chi connectivity index (χ1n) is 10.3. The number of nitrogens with zero attached hydrogens (tertiary/aromatic N) is 3. The molecule has 0 aliphatic carbocycles. The molecule has 162 valence electrons. The summed E-state index contributed by atoms with van der Waals surface area (Å²) in [6, 6.07) is 21.5. The highest BCUT2D eigenvalue weighted by Crippen LogP contribution is 2.31. The van der Waals surface area contributed by atoms with Gasteiger partial charge in [0.25, 0.3) is 11.5 Å². The molecule has 7 nitrogen and oxygen atoms in total. The molecule has 4 aromatic rings. The van der Waals surface area contributed by atoms with Crippen molar-refractivity contribution in [3.05, 3.63) is 110 Å². The first-order valence-corrected chi connectivity index (χ1v) is 10.3. The van der Waals surface area contributed by atoms with Gasteiger partial charge in [0.15, 0.2) is 0 Å².